The highest BCUT2D eigenvalue weighted by Crippen LogP contribution is 2.32. The third-order valence-electron chi connectivity index (χ3n) is 5.60. The second-order valence-corrected chi connectivity index (χ2v) is 7.94. The van der Waals surface area contributed by atoms with Crippen molar-refractivity contribution < 1.29 is 4.42 Å². The predicted octanol–water partition coefficient (Wildman–Crippen LogP) is 7.48. The Morgan fingerprint density at radius 2 is 1.63 bits per heavy atom. The van der Waals surface area contributed by atoms with Gasteiger partial charge in [-0.2, -0.15) is 0 Å². The number of nitrogens with one attached hydrogen (secondary N) is 2. The molecule has 0 aliphatic carbocycles. The van der Waals surface area contributed by atoms with Gasteiger partial charge in [0.2, 0.25) is 5.89 Å². The Kier molecular flexibility index (Phi) is 5.02. The van der Waals surface area contributed by atoms with E-state index < -0.39 is 0 Å². The Balaban J connectivity index is 1.30. The summed E-state index contributed by atoms with van der Waals surface area (Å²) in [6.45, 7) is 7.30. The average Bonchev–Trinajstić information content (AvgIpc) is 3.33. The lowest BCUT2D eigenvalue weighted by molar-refractivity contribution is 0.620. The Morgan fingerprint density at radius 1 is 0.743 bits per heavy atom. The van der Waals surface area contributed by atoms with Crippen LogP contribution in [-0.4, -0.2) is 15.0 Å². The van der Waals surface area contributed by atoms with Crippen molar-refractivity contribution in [3.63, 3.8) is 0 Å². The SMILES string of the molecule is [C-]#[N+]c1ccc2nccc(Nc3ccc4oc(-c5cccc(Nc6ccncc6)c5)nc4c3)c2c1. The van der Waals surface area contributed by atoms with Crippen LogP contribution in [0.15, 0.2) is 102 Å². The minimum atomic E-state index is 0.548. The van der Waals surface area contributed by atoms with Gasteiger partial charge in [-0.05, 0) is 66.7 Å². The number of fused-ring (bicyclic) bond motifs is 2. The molecule has 0 radical (unpaired) electrons. The molecule has 0 bridgehead atoms. The zero-order valence-electron chi connectivity index (χ0n) is 18.4. The number of nitrogens with zero attached hydrogens (tertiary/aromatic N) is 4. The zero-order chi connectivity index (χ0) is 23.6. The largest absolute Gasteiger partial charge is 0.436 e. The van der Waals surface area contributed by atoms with E-state index >= 15 is 0 Å². The van der Waals surface area contributed by atoms with Crippen LogP contribution in [0.2, 0.25) is 0 Å². The quantitative estimate of drug-likeness (QED) is 0.263. The highest BCUT2D eigenvalue weighted by molar-refractivity contribution is 5.95. The lowest BCUT2D eigenvalue weighted by atomic mass is 10.1. The molecule has 0 spiro atoms. The summed E-state index contributed by atoms with van der Waals surface area (Å²) in [7, 11) is 0. The number of benzene rings is 3. The zero-order valence-corrected chi connectivity index (χ0v) is 18.4. The van der Waals surface area contributed by atoms with Crippen molar-refractivity contribution in [3.8, 4) is 11.5 Å². The van der Waals surface area contributed by atoms with E-state index in [4.69, 9.17) is 16.0 Å². The van der Waals surface area contributed by atoms with Crippen LogP contribution in [0.3, 0.4) is 0 Å². The molecule has 0 aliphatic rings. The van der Waals surface area contributed by atoms with Crippen molar-refractivity contribution in [1.82, 2.24) is 15.0 Å². The molecular formula is C28H18N6O. The molecule has 0 amide bonds. The Hall–Kier alpha value is -5.22. The monoisotopic (exact) mass is 454 g/mol. The molecule has 166 valence electrons. The first-order chi connectivity index (χ1) is 17.2. The van der Waals surface area contributed by atoms with Crippen molar-refractivity contribution in [1.29, 1.82) is 0 Å². The third-order valence-corrected chi connectivity index (χ3v) is 5.60. The molecule has 0 saturated heterocycles. The number of rotatable bonds is 5. The highest BCUT2D eigenvalue weighted by atomic mass is 16.3. The van der Waals surface area contributed by atoms with E-state index in [1.165, 1.54) is 0 Å². The average molecular weight is 454 g/mol. The van der Waals surface area contributed by atoms with E-state index in [1.54, 1.807) is 24.7 Å². The topological polar surface area (TPSA) is 80.2 Å². The van der Waals surface area contributed by atoms with Crippen LogP contribution < -0.4 is 10.6 Å². The minimum Gasteiger partial charge on any atom is -0.436 e. The number of oxazole rings is 1. The fraction of sp³-hybridized carbons (Fsp3) is 0. The second-order valence-electron chi connectivity index (χ2n) is 7.94. The first-order valence-electron chi connectivity index (χ1n) is 11.0. The molecule has 7 nitrogen and oxygen atoms in total. The van der Waals surface area contributed by atoms with E-state index in [0.29, 0.717) is 17.2 Å². The fourth-order valence-corrected chi connectivity index (χ4v) is 3.93. The summed E-state index contributed by atoms with van der Waals surface area (Å²) in [5.41, 5.74) is 7.36. The summed E-state index contributed by atoms with van der Waals surface area (Å²) < 4.78 is 6.05. The standard InChI is InChI=1S/C28H18N6O/c1-29-20-5-7-24-23(16-20)25(11-14-31-24)33-22-6-8-27-26(17-22)34-28(35-27)18-3-2-4-21(15-18)32-19-9-12-30-13-10-19/h2-17H,(H,30,32)(H,31,33). The summed E-state index contributed by atoms with van der Waals surface area (Å²) >= 11 is 0. The lowest BCUT2D eigenvalue weighted by Gasteiger charge is -2.09. The Morgan fingerprint density at radius 3 is 2.51 bits per heavy atom. The Bertz CT molecular complexity index is 1720. The Labute approximate surface area is 200 Å². The molecule has 3 aromatic heterocycles. The highest BCUT2D eigenvalue weighted by Gasteiger charge is 2.11. The maximum absolute atomic E-state index is 7.30. The third kappa shape index (κ3) is 4.12. The maximum atomic E-state index is 7.30. The van der Waals surface area contributed by atoms with Crippen molar-refractivity contribution in [2.45, 2.75) is 0 Å². The lowest BCUT2D eigenvalue weighted by Crippen LogP contribution is -1.92. The number of hydrogen-bond donors (Lipinski definition) is 2. The molecule has 0 aliphatic heterocycles. The smallest absolute Gasteiger partial charge is 0.227 e. The predicted molar refractivity (Wildman–Crippen MR) is 138 cm³/mol. The molecule has 0 fully saturated rings. The van der Waals surface area contributed by atoms with E-state index in [-0.39, 0.29) is 0 Å². The molecular weight excluding hydrogens is 436 g/mol. The first-order valence-corrected chi connectivity index (χ1v) is 11.0. The molecule has 0 atom stereocenters. The van der Waals surface area contributed by atoms with Crippen molar-refractivity contribution >= 4 is 50.4 Å². The van der Waals surface area contributed by atoms with Gasteiger partial charge in [0, 0.05) is 52.3 Å². The second kappa shape index (κ2) is 8.61. The van der Waals surface area contributed by atoms with Crippen LogP contribution in [0.1, 0.15) is 0 Å². The summed E-state index contributed by atoms with van der Waals surface area (Å²) in [5, 5.41) is 7.69. The van der Waals surface area contributed by atoms with Gasteiger partial charge in [-0.25, -0.2) is 9.83 Å². The van der Waals surface area contributed by atoms with Crippen LogP contribution >= 0.6 is 0 Å². The molecule has 0 unspecified atom stereocenters. The first kappa shape index (κ1) is 20.4. The van der Waals surface area contributed by atoms with Crippen LogP contribution in [0.4, 0.5) is 28.4 Å². The molecule has 0 saturated carbocycles. The number of hydrogen-bond acceptors (Lipinski definition) is 6. The van der Waals surface area contributed by atoms with Gasteiger partial charge in [0.1, 0.15) is 5.52 Å². The summed E-state index contributed by atoms with van der Waals surface area (Å²) in [6, 6.07) is 24.9. The van der Waals surface area contributed by atoms with E-state index in [0.717, 1.165) is 44.7 Å². The molecule has 6 aromatic rings. The molecule has 7 heteroatoms. The molecule has 6 rings (SSSR count). The van der Waals surface area contributed by atoms with Crippen molar-refractivity contribution in [3.05, 3.63) is 109 Å². The molecule has 3 aromatic carbocycles. The van der Waals surface area contributed by atoms with Gasteiger partial charge in [0.15, 0.2) is 11.3 Å². The normalized spacial score (nSPS) is 10.8. The van der Waals surface area contributed by atoms with Crippen molar-refractivity contribution in [2.24, 2.45) is 0 Å². The van der Waals surface area contributed by atoms with E-state index in [9.17, 15) is 0 Å². The number of pyridine rings is 2. The van der Waals surface area contributed by atoms with Gasteiger partial charge in [-0.3, -0.25) is 9.97 Å². The van der Waals surface area contributed by atoms with Gasteiger partial charge in [-0.15, -0.1) is 0 Å². The van der Waals surface area contributed by atoms with Gasteiger partial charge in [-0.1, -0.05) is 12.1 Å². The van der Waals surface area contributed by atoms with Gasteiger partial charge < -0.3 is 15.1 Å². The van der Waals surface area contributed by atoms with Gasteiger partial charge in [0.25, 0.3) is 0 Å². The minimum absolute atomic E-state index is 0.548. The van der Waals surface area contributed by atoms with Crippen molar-refractivity contribution in [2.75, 3.05) is 10.6 Å². The summed E-state index contributed by atoms with van der Waals surface area (Å²) in [4.78, 5) is 16.7. The molecule has 2 N–H and O–H groups in total. The van der Waals surface area contributed by atoms with Crippen LogP contribution in [0.5, 0.6) is 0 Å². The van der Waals surface area contributed by atoms with Crippen LogP contribution in [-0.2, 0) is 0 Å². The van der Waals surface area contributed by atoms with Gasteiger partial charge >= 0.3 is 0 Å². The van der Waals surface area contributed by atoms with Crippen LogP contribution in [0.25, 0.3) is 38.3 Å². The molecule has 35 heavy (non-hydrogen) atoms. The van der Waals surface area contributed by atoms with Gasteiger partial charge in [0.05, 0.1) is 12.1 Å². The number of anilines is 4. The fourth-order valence-electron chi connectivity index (χ4n) is 3.93. The maximum Gasteiger partial charge on any atom is 0.227 e. The van der Waals surface area contributed by atoms with Crippen LogP contribution in [0, 0.1) is 6.57 Å². The van der Waals surface area contributed by atoms with E-state index in [2.05, 4.69) is 25.4 Å². The molecule has 3 heterocycles. The summed E-state index contributed by atoms with van der Waals surface area (Å²) in [5.74, 6) is 0.548. The summed E-state index contributed by atoms with van der Waals surface area (Å²) in [6.07, 6.45) is 5.25. The van der Waals surface area contributed by atoms with E-state index in [1.807, 2.05) is 72.8 Å². The number of aromatic nitrogens is 3.